The van der Waals surface area contributed by atoms with Crippen LogP contribution in [-0.4, -0.2) is 12.3 Å². The molecule has 1 aliphatic rings. The van der Waals surface area contributed by atoms with Gasteiger partial charge in [0, 0.05) is 0 Å². The molecule has 0 aromatic carbocycles. The summed E-state index contributed by atoms with van der Waals surface area (Å²) >= 11 is 0. The van der Waals surface area contributed by atoms with Gasteiger partial charge in [0.25, 0.3) is 0 Å². The Kier molecular flexibility index (Phi) is 11.7. The van der Waals surface area contributed by atoms with Crippen molar-refractivity contribution in [3.63, 3.8) is 0 Å². The van der Waals surface area contributed by atoms with Crippen molar-refractivity contribution in [2.24, 2.45) is 0 Å². The monoisotopic (exact) mass is 256 g/mol. The Balaban J connectivity index is 2.01. The van der Waals surface area contributed by atoms with Crippen LogP contribution in [-0.2, 0) is 0 Å². The van der Waals surface area contributed by atoms with Gasteiger partial charge in [0.15, 0.2) is 0 Å². The fourth-order valence-corrected chi connectivity index (χ4v) is 4.00. The number of hydrogen-bond acceptors (Lipinski definition) is 0. The Hall–Kier alpha value is 0.430. The third-order valence-corrected chi connectivity index (χ3v) is 5.37. The second-order valence-electron chi connectivity index (χ2n) is 5.70. The Labute approximate surface area is 111 Å². The summed E-state index contributed by atoms with van der Waals surface area (Å²) in [6.07, 6.45) is 24.1. The van der Waals surface area contributed by atoms with Crippen LogP contribution in [0.3, 0.4) is 0 Å². The minimum atomic E-state index is 1.27. The van der Waals surface area contributed by atoms with Crippen molar-refractivity contribution in [1.29, 1.82) is 0 Å². The van der Waals surface area contributed by atoms with Gasteiger partial charge in [-0.3, -0.25) is 0 Å². The van der Waals surface area contributed by atoms with Crippen molar-refractivity contribution in [3.05, 3.63) is 0 Å². The first-order valence-corrected chi connectivity index (χ1v) is 9.62. The van der Waals surface area contributed by atoms with E-state index in [1.165, 1.54) is 111 Å². The average molecular weight is 256 g/mol. The first kappa shape index (κ1) is 15.5. The maximum atomic E-state index is 1.53. The molecular formula is C16H33P. The topological polar surface area (TPSA) is 0 Å². The zero-order valence-electron chi connectivity index (χ0n) is 11.8. The summed E-state index contributed by atoms with van der Waals surface area (Å²) in [6, 6.07) is 0. The van der Waals surface area contributed by atoms with Crippen molar-refractivity contribution in [3.8, 4) is 0 Å². The highest BCUT2D eigenvalue weighted by atomic mass is 31.1. The summed E-state index contributed by atoms with van der Waals surface area (Å²) < 4.78 is 0. The van der Waals surface area contributed by atoms with Gasteiger partial charge in [-0.2, -0.15) is 0 Å². The van der Waals surface area contributed by atoms with E-state index in [-0.39, 0.29) is 0 Å². The molecule has 1 heteroatoms. The SMILES string of the molecule is C1CCCCCCCCPCCCCCCC1. The Morgan fingerprint density at radius 2 is 0.529 bits per heavy atom. The van der Waals surface area contributed by atoms with Crippen molar-refractivity contribution in [1.82, 2.24) is 0 Å². The molecule has 102 valence electrons. The molecule has 1 fully saturated rings. The van der Waals surface area contributed by atoms with Gasteiger partial charge < -0.3 is 0 Å². The molecule has 17 heavy (non-hydrogen) atoms. The molecule has 0 radical (unpaired) electrons. The van der Waals surface area contributed by atoms with Crippen molar-refractivity contribution in [2.75, 3.05) is 12.3 Å². The van der Waals surface area contributed by atoms with Crippen LogP contribution in [0.15, 0.2) is 0 Å². The van der Waals surface area contributed by atoms with Crippen molar-refractivity contribution < 1.29 is 0 Å². The van der Waals surface area contributed by atoms with E-state index in [0.717, 1.165) is 0 Å². The fourth-order valence-electron chi connectivity index (χ4n) is 2.75. The summed E-state index contributed by atoms with van der Waals surface area (Å²) in [5.41, 5.74) is 0. The largest absolute Gasteiger partial charge is 0.122 e. The van der Waals surface area contributed by atoms with Crippen LogP contribution in [0, 0.1) is 0 Å². The van der Waals surface area contributed by atoms with Crippen LogP contribution in [0.5, 0.6) is 0 Å². The van der Waals surface area contributed by atoms with E-state index in [4.69, 9.17) is 0 Å². The second-order valence-corrected chi connectivity index (χ2v) is 7.20. The van der Waals surface area contributed by atoms with E-state index >= 15 is 0 Å². The van der Waals surface area contributed by atoms with E-state index in [2.05, 4.69) is 0 Å². The first-order valence-electron chi connectivity index (χ1n) is 8.21. The normalized spacial score (nSPS) is 24.0. The fraction of sp³-hybridized carbons (Fsp3) is 1.00. The smallest absolute Gasteiger partial charge is 0.0353 e. The van der Waals surface area contributed by atoms with Crippen LogP contribution < -0.4 is 0 Å². The van der Waals surface area contributed by atoms with Crippen LogP contribution in [0.2, 0.25) is 0 Å². The lowest BCUT2D eigenvalue weighted by Crippen LogP contribution is -1.84. The second kappa shape index (κ2) is 12.9. The Morgan fingerprint density at radius 1 is 0.294 bits per heavy atom. The van der Waals surface area contributed by atoms with Gasteiger partial charge in [0.1, 0.15) is 0 Å². The third kappa shape index (κ3) is 11.3. The molecule has 0 spiro atoms. The minimum Gasteiger partial charge on any atom is -0.122 e. The predicted molar refractivity (Wildman–Crippen MR) is 82.7 cm³/mol. The summed E-state index contributed by atoms with van der Waals surface area (Å²) in [5, 5.41) is 0. The standard InChI is InChI=1S/C16H33P/c1-2-4-6-8-10-12-14-16-17-15-13-11-9-7-5-3-1/h17H,1-16H2. The molecule has 1 heterocycles. The van der Waals surface area contributed by atoms with E-state index in [0.29, 0.717) is 0 Å². The van der Waals surface area contributed by atoms with E-state index in [1.54, 1.807) is 0 Å². The lowest BCUT2D eigenvalue weighted by Gasteiger charge is -2.02. The van der Waals surface area contributed by atoms with Crippen LogP contribution in [0.4, 0.5) is 0 Å². The lowest BCUT2D eigenvalue weighted by molar-refractivity contribution is 0.540. The van der Waals surface area contributed by atoms with Gasteiger partial charge in [-0.05, 0) is 25.2 Å². The van der Waals surface area contributed by atoms with Crippen LogP contribution in [0.25, 0.3) is 0 Å². The molecule has 0 saturated carbocycles. The average Bonchev–Trinajstić information content (AvgIpc) is 2.35. The zero-order chi connectivity index (χ0) is 12.0. The van der Waals surface area contributed by atoms with Gasteiger partial charge >= 0.3 is 0 Å². The van der Waals surface area contributed by atoms with Gasteiger partial charge in [-0.1, -0.05) is 77.0 Å². The molecule has 1 rings (SSSR count). The molecule has 0 unspecified atom stereocenters. The molecule has 0 N–H and O–H groups in total. The molecule has 0 bridgehead atoms. The van der Waals surface area contributed by atoms with Gasteiger partial charge in [0.2, 0.25) is 0 Å². The molecular weight excluding hydrogens is 223 g/mol. The van der Waals surface area contributed by atoms with Crippen molar-refractivity contribution >= 4 is 8.58 Å². The van der Waals surface area contributed by atoms with E-state index in [9.17, 15) is 0 Å². The third-order valence-electron chi connectivity index (χ3n) is 3.96. The van der Waals surface area contributed by atoms with Gasteiger partial charge in [-0.25, -0.2) is 0 Å². The number of rotatable bonds is 0. The van der Waals surface area contributed by atoms with Crippen LogP contribution in [0.1, 0.15) is 89.9 Å². The highest BCUT2D eigenvalue weighted by Gasteiger charge is 1.96. The lowest BCUT2D eigenvalue weighted by atomic mass is 10.0. The highest BCUT2D eigenvalue weighted by molar-refractivity contribution is 7.37. The molecule has 1 aliphatic heterocycles. The zero-order valence-corrected chi connectivity index (χ0v) is 12.8. The van der Waals surface area contributed by atoms with Gasteiger partial charge in [-0.15, -0.1) is 8.58 Å². The minimum absolute atomic E-state index is 1.27. The Morgan fingerprint density at radius 3 is 0.824 bits per heavy atom. The molecule has 0 atom stereocenters. The molecule has 0 amide bonds. The molecule has 0 aliphatic carbocycles. The maximum absolute atomic E-state index is 1.53. The first-order chi connectivity index (χ1) is 8.50. The van der Waals surface area contributed by atoms with Crippen LogP contribution >= 0.6 is 8.58 Å². The Bertz CT molecular complexity index is 75.0. The molecule has 0 aromatic heterocycles. The van der Waals surface area contributed by atoms with E-state index in [1.807, 2.05) is 0 Å². The maximum Gasteiger partial charge on any atom is -0.0353 e. The summed E-state index contributed by atoms with van der Waals surface area (Å²) in [6.45, 7) is 0. The predicted octanol–water partition coefficient (Wildman–Crippen LogP) is 6.14. The summed E-state index contributed by atoms with van der Waals surface area (Å²) in [5.74, 6) is 0. The van der Waals surface area contributed by atoms with E-state index < -0.39 is 0 Å². The number of hydrogen-bond donors (Lipinski definition) is 0. The molecule has 0 aromatic rings. The van der Waals surface area contributed by atoms with Gasteiger partial charge in [0.05, 0.1) is 0 Å². The molecule has 1 saturated heterocycles. The highest BCUT2D eigenvalue weighted by Crippen LogP contribution is 2.19. The molecule has 0 nitrogen and oxygen atoms in total. The summed E-state index contributed by atoms with van der Waals surface area (Å²) in [7, 11) is 1.27. The quantitative estimate of drug-likeness (QED) is 0.457. The summed E-state index contributed by atoms with van der Waals surface area (Å²) in [4.78, 5) is 0. The van der Waals surface area contributed by atoms with Crippen molar-refractivity contribution in [2.45, 2.75) is 89.9 Å².